The predicted molar refractivity (Wildman–Crippen MR) is 212 cm³/mol. The van der Waals surface area contributed by atoms with Crippen LogP contribution >= 0.6 is 92.8 Å². The second kappa shape index (κ2) is 20.2. The Labute approximate surface area is 341 Å². The Bertz CT molecular complexity index is 1890. The van der Waals surface area contributed by atoms with Gasteiger partial charge in [0, 0.05) is 17.0 Å². The minimum atomic E-state index is -0.681. The van der Waals surface area contributed by atoms with Crippen LogP contribution in [0.15, 0.2) is 98.1 Å². The lowest BCUT2D eigenvalue weighted by Gasteiger charge is -2.05. The Balaban J connectivity index is 0.000000193. The molecule has 1 aliphatic heterocycles. The van der Waals surface area contributed by atoms with Crippen molar-refractivity contribution in [3.63, 3.8) is 0 Å². The molecule has 2 aliphatic rings. The van der Waals surface area contributed by atoms with Gasteiger partial charge in [0.05, 0.1) is 64.4 Å². The SMILES string of the molecule is C=CC(O)c1ccc(Cl)c(Cl)c1.C=CC(O)c1ccc(Cl)c(Cl)c1.O=C(c1ccc(Cl)c(Cl)c1)C1CC12CCOC2=O.O=Cc1ccc(Cl)c(Cl)c1. The topological polar surface area (TPSA) is 101 Å². The summed E-state index contributed by atoms with van der Waals surface area (Å²) in [4.78, 5) is 34.0. The maximum absolute atomic E-state index is 12.3. The molecule has 4 unspecified atom stereocenters. The molecule has 0 aromatic heterocycles. The van der Waals surface area contributed by atoms with Crippen molar-refractivity contribution in [2.45, 2.75) is 25.0 Å². The number of aldehydes is 1. The lowest BCUT2D eigenvalue weighted by atomic mass is 9.97. The number of cyclic esters (lactones) is 1. The molecule has 1 aliphatic carbocycles. The first kappa shape index (κ1) is 43.8. The van der Waals surface area contributed by atoms with Crippen molar-refractivity contribution in [1.82, 2.24) is 0 Å². The average Bonchev–Trinajstić information content (AvgIpc) is 3.76. The summed E-state index contributed by atoms with van der Waals surface area (Å²) in [6.45, 7) is 7.35. The zero-order valence-electron chi connectivity index (χ0n) is 27.0. The number of rotatable bonds is 7. The zero-order valence-corrected chi connectivity index (χ0v) is 33.0. The molecular formula is C38H30Cl8O6. The van der Waals surface area contributed by atoms with Crippen LogP contribution in [0.3, 0.4) is 0 Å². The molecule has 1 saturated carbocycles. The molecule has 6 rings (SSSR count). The van der Waals surface area contributed by atoms with Crippen LogP contribution in [0.25, 0.3) is 0 Å². The number of carbonyl (C=O) groups is 3. The standard InChI is InChI=1S/C13H10Cl2O3.2C9H8Cl2O.C7H4Cl2O/c14-9-2-1-7(5-10(9)15)11(16)8-6-13(8)3-4-18-12(13)17;2*1-2-9(12)6-3-4-7(10)8(11)5-6;8-6-2-1-5(4-10)3-7(6)9/h1-2,5,8H,3-4,6H2;2*2-5,9,12H,1H2;1-4H. The summed E-state index contributed by atoms with van der Waals surface area (Å²) >= 11 is 45.7. The molecular weight excluding hydrogens is 836 g/mol. The van der Waals surface area contributed by atoms with E-state index in [1.165, 1.54) is 18.2 Å². The van der Waals surface area contributed by atoms with Crippen molar-refractivity contribution >= 4 is 111 Å². The van der Waals surface area contributed by atoms with Gasteiger partial charge in [0.2, 0.25) is 0 Å². The molecule has 1 saturated heterocycles. The molecule has 274 valence electrons. The highest BCUT2D eigenvalue weighted by Gasteiger charge is 2.66. The summed E-state index contributed by atoms with van der Waals surface area (Å²) in [5.41, 5.74) is 1.88. The van der Waals surface area contributed by atoms with E-state index in [0.717, 1.165) is 6.29 Å². The van der Waals surface area contributed by atoms with E-state index in [4.69, 9.17) is 97.5 Å². The second-order valence-corrected chi connectivity index (χ2v) is 14.5. The molecule has 52 heavy (non-hydrogen) atoms. The number of aliphatic hydroxyl groups excluding tert-OH is 2. The van der Waals surface area contributed by atoms with E-state index in [0.29, 0.717) is 81.9 Å². The molecule has 1 spiro atoms. The molecule has 2 fully saturated rings. The lowest BCUT2D eigenvalue weighted by Crippen LogP contribution is -2.16. The number of aliphatic hydroxyl groups is 2. The van der Waals surface area contributed by atoms with Crippen LogP contribution in [0, 0.1) is 11.3 Å². The number of benzene rings is 4. The van der Waals surface area contributed by atoms with E-state index in [-0.39, 0.29) is 17.7 Å². The van der Waals surface area contributed by atoms with Crippen LogP contribution < -0.4 is 0 Å². The monoisotopic (exact) mass is 862 g/mol. The first-order valence-electron chi connectivity index (χ1n) is 15.2. The van der Waals surface area contributed by atoms with Gasteiger partial charge in [-0.2, -0.15) is 0 Å². The third-order valence-electron chi connectivity index (χ3n) is 7.88. The van der Waals surface area contributed by atoms with E-state index in [9.17, 15) is 24.6 Å². The van der Waals surface area contributed by atoms with Gasteiger partial charge in [-0.25, -0.2) is 0 Å². The Morgan fingerprint density at radius 2 is 1.13 bits per heavy atom. The highest BCUT2D eigenvalue weighted by Crippen LogP contribution is 2.59. The van der Waals surface area contributed by atoms with Crippen molar-refractivity contribution in [2.75, 3.05) is 6.61 Å². The van der Waals surface area contributed by atoms with Crippen molar-refractivity contribution in [1.29, 1.82) is 0 Å². The summed E-state index contributed by atoms with van der Waals surface area (Å²) in [5, 5.41) is 22.1. The summed E-state index contributed by atoms with van der Waals surface area (Å²) in [5.74, 6) is -0.543. The van der Waals surface area contributed by atoms with Gasteiger partial charge in [-0.3, -0.25) is 14.4 Å². The predicted octanol–water partition coefficient (Wildman–Crippen LogP) is 12.4. The molecule has 1 heterocycles. The number of ketones is 1. The largest absolute Gasteiger partial charge is 0.465 e. The fourth-order valence-corrected chi connectivity index (χ4v) is 6.04. The highest BCUT2D eigenvalue weighted by atomic mass is 35.5. The summed E-state index contributed by atoms with van der Waals surface area (Å²) in [6.07, 6.45) is 3.45. The number of carbonyl (C=O) groups excluding carboxylic acids is 3. The Kier molecular flexibility index (Phi) is 17.0. The number of hydrogen-bond acceptors (Lipinski definition) is 6. The molecule has 4 aromatic carbocycles. The van der Waals surface area contributed by atoms with Gasteiger partial charge in [-0.15, -0.1) is 13.2 Å². The van der Waals surface area contributed by atoms with Crippen molar-refractivity contribution in [3.8, 4) is 0 Å². The third-order valence-corrected chi connectivity index (χ3v) is 10.8. The number of Topliss-reactive ketones (excluding diaryl/α,β-unsaturated/α-hetero) is 1. The first-order valence-corrected chi connectivity index (χ1v) is 18.2. The van der Waals surface area contributed by atoms with Crippen LogP contribution in [-0.4, -0.2) is 34.9 Å². The minimum absolute atomic E-state index is 0.0487. The molecule has 4 aromatic rings. The Morgan fingerprint density at radius 1 is 0.692 bits per heavy atom. The normalized spacial score (nSPS) is 17.8. The molecule has 0 amide bonds. The van der Waals surface area contributed by atoms with Gasteiger partial charge in [0.25, 0.3) is 0 Å². The number of ether oxygens (including phenoxy) is 1. The van der Waals surface area contributed by atoms with Crippen LogP contribution in [-0.2, 0) is 9.53 Å². The summed E-state index contributed by atoms with van der Waals surface area (Å²) in [6, 6.07) is 19.5. The number of halogens is 8. The maximum atomic E-state index is 12.3. The number of hydrogen-bond donors (Lipinski definition) is 2. The van der Waals surface area contributed by atoms with Crippen molar-refractivity contribution in [3.05, 3.63) is 161 Å². The molecule has 6 nitrogen and oxygen atoms in total. The van der Waals surface area contributed by atoms with E-state index in [1.54, 1.807) is 66.7 Å². The van der Waals surface area contributed by atoms with Gasteiger partial charge in [-0.1, -0.05) is 123 Å². The van der Waals surface area contributed by atoms with Gasteiger partial charge in [0.1, 0.15) is 6.29 Å². The fraction of sp³-hybridized carbons (Fsp3) is 0.184. The highest BCUT2D eigenvalue weighted by molar-refractivity contribution is 6.43. The Hall–Kier alpha value is -2.59. The van der Waals surface area contributed by atoms with Gasteiger partial charge in [0.15, 0.2) is 5.78 Å². The minimum Gasteiger partial charge on any atom is -0.465 e. The van der Waals surface area contributed by atoms with E-state index >= 15 is 0 Å². The second-order valence-electron chi connectivity index (χ2n) is 11.3. The van der Waals surface area contributed by atoms with Crippen LogP contribution in [0.2, 0.25) is 40.2 Å². The van der Waals surface area contributed by atoms with E-state index in [1.807, 2.05) is 0 Å². The van der Waals surface area contributed by atoms with Crippen LogP contribution in [0.1, 0.15) is 56.9 Å². The molecule has 0 radical (unpaired) electrons. The zero-order chi connectivity index (χ0) is 38.7. The lowest BCUT2D eigenvalue weighted by molar-refractivity contribution is -0.142. The maximum Gasteiger partial charge on any atom is 0.312 e. The average molecular weight is 866 g/mol. The van der Waals surface area contributed by atoms with Crippen LogP contribution in [0.4, 0.5) is 0 Å². The van der Waals surface area contributed by atoms with Crippen molar-refractivity contribution in [2.24, 2.45) is 11.3 Å². The quantitative estimate of drug-likeness (QED) is 0.0830. The van der Waals surface area contributed by atoms with Gasteiger partial charge >= 0.3 is 5.97 Å². The van der Waals surface area contributed by atoms with E-state index in [2.05, 4.69) is 13.2 Å². The molecule has 2 N–H and O–H groups in total. The first-order chi connectivity index (χ1) is 24.6. The summed E-state index contributed by atoms with van der Waals surface area (Å²) in [7, 11) is 0. The molecule has 14 heteroatoms. The van der Waals surface area contributed by atoms with Gasteiger partial charge in [-0.05, 0) is 78.6 Å². The van der Waals surface area contributed by atoms with Gasteiger partial charge < -0.3 is 14.9 Å². The smallest absolute Gasteiger partial charge is 0.312 e. The number of esters is 1. The third kappa shape index (κ3) is 11.7. The summed E-state index contributed by atoms with van der Waals surface area (Å²) < 4.78 is 4.95. The van der Waals surface area contributed by atoms with Crippen LogP contribution in [0.5, 0.6) is 0 Å². The molecule has 4 atom stereocenters. The van der Waals surface area contributed by atoms with Crippen molar-refractivity contribution < 1.29 is 29.3 Å². The Morgan fingerprint density at radius 3 is 1.52 bits per heavy atom. The van der Waals surface area contributed by atoms with E-state index < -0.39 is 17.6 Å². The molecule has 0 bridgehead atoms. The fourth-order valence-electron chi connectivity index (χ4n) is 4.82.